The Hall–Kier alpha value is -0.970. The fourth-order valence-corrected chi connectivity index (χ4v) is 4.51. The molecule has 0 spiro atoms. The number of piperidine rings is 1. The van der Waals surface area contributed by atoms with E-state index in [4.69, 9.17) is 0 Å². The monoisotopic (exact) mass is 322 g/mol. The molecule has 0 bridgehead atoms. The Morgan fingerprint density at radius 2 is 2.10 bits per heavy atom. The van der Waals surface area contributed by atoms with Gasteiger partial charge in [0.2, 0.25) is 10.0 Å². The quantitative estimate of drug-likeness (QED) is 0.770. The topological polar surface area (TPSA) is 112 Å². The van der Waals surface area contributed by atoms with Crippen LogP contribution in [0.4, 0.5) is 0 Å². The van der Waals surface area contributed by atoms with Crippen LogP contribution in [0, 0.1) is 6.92 Å². The van der Waals surface area contributed by atoms with Gasteiger partial charge in [-0.2, -0.15) is 4.31 Å². The predicted octanol–water partition coefficient (Wildman–Crippen LogP) is -0.580. The second kappa shape index (κ2) is 5.43. The molecule has 8 nitrogen and oxygen atoms in total. The number of aromatic nitrogens is 2. The molecule has 0 aliphatic carbocycles. The van der Waals surface area contributed by atoms with Crippen LogP contribution in [0.5, 0.6) is 0 Å². The van der Waals surface area contributed by atoms with Gasteiger partial charge in [-0.3, -0.25) is 0 Å². The van der Waals surface area contributed by atoms with Gasteiger partial charge >= 0.3 is 0 Å². The maximum atomic E-state index is 12.4. The summed E-state index contributed by atoms with van der Waals surface area (Å²) in [5.41, 5.74) is 0. The van der Waals surface area contributed by atoms with Crippen molar-refractivity contribution in [3.63, 3.8) is 0 Å². The number of nitrogens with zero attached hydrogens (tertiary/aromatic N) is 2. The summed E-state index contributed by atoms with van der Waals surface area (Å²) in [4.78, 5) is 6.58. The molecule has 1 aromatic rings. The van der Waals surface area contributed by atoms with Crippen molar-refractivity contribution in [1.82, 2.24) is 19.0 Å². The van der Waals surface area contributed by atoms with E-state index in [0.717, 1.165) is 6.26 Å². The fourth-order valence-electron chi connectivity index (χ4n) is 2.23. The van der Waals surface area contributed by atoms with Gasteiger partial charge in [0.25, 0.3) is 10.0 Å². The van der Waals surface area contributed by atoms with Gasteiger partial charge in [-0.15, -0.1) is 0 Å². The molecular weight excluding hydrogens is 304 g/mol. The normalized spacial score (nSPS) is 22.0. The zero-order valence-electron chi connectivity index (χ0n) is 11.3. The minimum absolute atomic E-state index is 0.0370. The maximum Gasteiger partial charge on any atom is 0.260 e. The number of H-pyrrole nitrogens is 1. The molecule has 20 heavy (non-hydrogen) atoms. The first-order valence-corrected chi connectivity index (χ1v) is 9.51. The van der Waals surface area contributed by atoms with Crippen LogP contribution >= 0.6 is 0 Å². The van der Waals surface area contributed by atoms with Gasteiger partial charge in [-0.05, 0) is 19.8 Å². The molecule has 1 saturated heterocycles. The number of nitrogens with one attached hydrogen (secondary N) is 2. The van der Waals surface area contributed by atoms with Crippen molar-refractivity contribution in [2.45, 2.75) is 30.8 Å². The summed E-state index contributed by atoms with van der Waals surface area (Å²) in [6, 6.07) is -0.391. The van der Waals surface area contributed by atoms with Gasteiger partial charge in [-0.1, -0.05) is 0 Å². The Kier molecular flexibility index (Phi) is 4.19. The molecule has 0 radical (unpaired) electrons. The van der Waals surface area contributed by atoms with Crippen molar-refractivity contribution in [3.8, 4) is 0 Å². The Bertz CT molecular complexity index is 680. The number of imidazole rings is 1. The second-order valence-corrected chi connectivity index (χ2v) is 8.61. The molecule has 0 saturated carbocycles. The van der Waals surface area contributed by atoms with Crippen LogP contribution in [0.25, 0.3) is 0 Å². The van der Waals surface area contributed by atoms with Crippen molar-refractivity contribution in [3.05, 3.63) is 12.0 Å². The molecule has 2 N–H and O–H groups in total. The third-order valence-electron chi connectivity index (χ3n) is 3.06. The fraction of sp³-hybridized carbons (Fsp3) is 0.700. The van der Waals surface area contributed by atoms with Gasteiger partial charge in [-0.25, -0.2) is 26.5 Å². The number of rotatable bonds is 4. The van der Waals surface area contributed by atoms with Crippen molar-refractivity contribution in [2.24, 2.45) is 0 Å². The van der Waals surface area contributed by atoms with Crippen LogP contribution in [0.3, 0.4) is 0 Å². The second-order valence-electron chi connectivity index (χ2n) is 4.93. The molecule has 10 heteroatoms. The summed E-state index contributed by atoms with van der Waals surface area (Å²) in [7, 11) is -6.99. The van der Waals surface area contributed by atoms with E-state index in [1.807, 2.05) is 0 Å². The Morgan fingerprint density at radius 1 is 1.40 bits per heavy atom. The van der Waals surface area contributed by atoms with Crippen LogP contribution < -0.4 is 4.72 Å². The van der Waals surface area contributed by atoms with Gasteiger partial charge in [0.1, 0.15) is 5.82 Å². The summed E-state index contributed by atoms with van der Waals surface area (Å²) >= 11 is 0. The third kappa shape index (κ3) is 3.57. The van der Waals surface area contributed by atoms with Gasteiger partial charge in [0, 0.05) is 19.1 Å². The lowest BCUT2D eigenvalue weighted by atomic mass is 10.1. The van der Waals surface area contributed by atoms with E-state index in [1.54, 1.807) is 6.92 Å². The molecular formula is C10H18N4O4S2. The molecule has 0 amide bonds. The summed E-state index contributed by atoms with van der Waals surface area (Å²) in [5, 5.41) is 0.0370. The van der Waals surface area contributed by atoms with E-state index < -0.39 is 26.1 Å². The van der Waals surface area contributed by atoms with Crippen molar-refractivity contribution in [1.29, 1.82) is 0 Å². The van der Waals surface area contributed by atoms with Crippen LogP contribution in [0.1, 0.15) is 18.7 Å². The zero-order valence-corrected chi connectivity index (χ0v) is 13.0. The number of sulfonamides is 2. The number of hydrogen-bond acceptors (Lipinski definition) is 5. The van der Waals surface area contributed by atoms with Crippen LogP contribution in [-0.2, 0) is 20.0 Å². The molecule has 1 aromatic heterocycles. The Labute approximate surface area is 118 Å². The summed E-state index contributed by atoms with van der Waals surface area (Å²) in [5.74, 6) is 0.520. The maximum absolute atomic E-state index is 12.4. The highest BCUT2D eigenvalue weighted by Crippen LogP contribution is 2.19. The van der Waals surface area contributed by atoms with Crippen LogP contribution in [0.2, 0.25) is 0 Å². The molecule has 1 aliphatic rings. The zero-order chi connectivity index (χ0) is 15.0. The van der Waals surface area contributed by atoms with E-state index >= 15 is 0 Å². The molecule has 1 atom stereocenters. The van der Waals surface area contributed by atoms with E-state index in [9.17, 15) is 16.8 Å². The SMILES string of the molecule is Cc1ncc(S(=O)(=O)N2CCCC(NS(C)(=O)=O)C2)[nH]1. The average Bonchev–Trinajstić information content (AvgIpc) is 2.74. The Morgan fingerprint density at radius 3 is 2.65 bits per heavy atom. The van der Waals surface area contributed by atoms with Gasteiger partial charge in [0.15, 0.2) is 5.03 Å². The Balaban J connectivity index is 2.16. The molecule has 114 valence electrons. The van der Waals surface area contributed by atoms with Gasteiger partial charge < -0.3 is 4.98 Å². The summed E-state index contributed by atoms with van der Waals surface area (Å²) in [6.07, 6.45) is 3.58. The molecule has 1 fully saturated rings. The van der Waals surface area contributed by atoms with Crippen molar-refractivity contribution < 1.29 is 16.8 Å². The first-order valence-electron chi connectivity index (χ1n) is 6.17. The van der Waals surface area contributed by atoms with Crippen LogP contribution in [-0.4, -0.2) is 56.5 Å². The van der Waals surface area contributed by atoms with Crippen LogP contribution in [0.15, 0.2) is 11.2 Å². The minimum atomic E-state index is -3.65. The highest BCUT2D eigenvalue weighted by atomic mass is 32.2. The predicted molar refractivity (Wildman–Crippen MR) is 73.1 cm³/mol. The van der Waals surface area contributed by atoms with E-state index in [-0.39, 0.29) is 11.6 Å². The van der Waals surface area contributed by atoms with Gasteiger partial charge in [0.05, 0.1) is 12.5 Å². The molecule has 2 rings (SSSR count). The third-order valence-corrected chi connectivity index (χ3v) is 5.60. The first-order chi connectivity index (χ1) is 9.18. The first kappa shape index (κ1) is 15.4. The number of hydrogen-bond donors (Lipinski definition) is 2. The lowest BCUT2D eigenvalue weighted by Crippen LogP contribution is -2.49. The lowest BCUT2D eigenvalue weighted by Gasteiger charge is -2.31. The summed E-state index contributed by atoms with van der Waals surface area (Å²) < 4.78 is 51.0. The highest BCUT2D eigenvalue weighted by molar-refractivity contribution is 7.89. The number of aryl methyl sites for hydroxylation is 1. The van der Waals surface area contributed by atoms with E-state index in [0.29, 0.717) is 25.2 Å². The molecule has 1 unspecified atom stereocenters. The largest absolute Gasteiger partial charge is 0.332 e. The lowest BCUT2D eigenvalue weighted by molar-refractivity contribution is 0.303. The number of aromatic amines is 1. The summed E-state index contributed by atoms with van der Waals surface area (Å²) in [6.45, 7) is 2.18. The molecule has 1 aliphatic heterocycles. The van der Waals surface area contributed by atoms with E-state index in [1.165, 1.54) is 10.5 Å². The average molecular weight is 322 g/mol. The smallest absolute Gasteiger partial charge is 0.260 e. The minimum Gasteiger partial charge on any atom is -0.332 e. The van der Waals surface area contributed by atoms with Crippen molar-refractivity contribution >= 4 is 20.0 Å². The molecule has 2 heterocycles. The molecule has 0 aromatic carbocycles. The highest BCUT2D eigenvalue weighted by Gasteiger charge is 2.32. The van der Waals surface area contributed by atoms with Crippen molar-refractivity contribution in [2.75, 3.05) is 19.3 Å². The standard InChI is InChI=1S/C10H18N4O4S2/c1-8-11-6-10(12-8)20(17,18)14-5-3-4-9(7-14)13-19(2,15)16/h6,9,13H,3-5,7H2,1-2H3,(H,11,12). The van der Waals surface area contributed by atoms with E-state index in [2.05, 4.69) is 14.7 Å².